The SMILES string of the molecule is Cc1cc(C(=O)N2CCCCC2C)ccc1NC(=O)Cn1cnc2c(C)cccc2c1=O. The summed E-state index contributed by atoms with van der Waals surface area (Å²) in [6.07, 6.45) is 4.63. The molecule has 0 aliphatic carbocycles. The van der Waals surface area contributed by atoms with E-state index in [0.29, 0.717) is 22.2 Å². The van der Waals surface area contributed by atoms with Crippen LogP contribution in [0.2, 0.25) is 0 Å². The summed E-state index contributed by atoms with van der Waals surface area (Å²) in [7, 11) is 0. The number of rotatable bonds is 4. The average Bonchev–Trinajstić information content (AvgIpc) is 2.77. The zero-order valence-electron chi connectivity index (χ0n) is 18.7. The molecule has 1 aromatic heterocycles. The first-order valence-corrected chi connectivity index (χ1v) is 11.0. The molecule has 1 aliphatic rings. The van der Waals surface area contributed by atoms with Crippen LogP contribution in [0.15, 0.2) is 47.5 Å². The third-order valence-electron chi connectivity index (χ3n) is 6.18. The van der Waals surface area contributed by atoms with Gasteiger partial charge in [-0.3, -0.25) is 19.0 Å². The molecular formula is C25H28N4O3. The maximum Gasteiger partial charge on any atom is 0.261 e. The van der Waals surface area contributed by atoms with E-state index in [1.807, 2.05) is 36.9 Å². The highest BCUT2D eigenvalue weighted by Crippen LogP contribution is 2.22. The van der Waals surface area contributed by atoms with E-state index in [9.17, 15) is 14.4 Å². The van der Waals surface area contributed by atoms with E-state index in [2.05, 4.69) is 17.2 Å². The van der Waals surface area contributed by atoms with E-state index in [-0.39, 0.29) is 30.0 Å². The standard InChI is InChI=1S/C25H28N4O3/c1-16-7-6-9-20-23(16)26-15-28(25(20)32)14-22(30)27-21-11-10-19(13-17(21)2)24(31)29-12-5-4-8-18(29)3/h6-7,9-11,13,15,18H,4-5,8,12,14H2,1-3H3,(H,27,30). The third-order valence-corrected chi connectivity index (χ3v) is 6.18. The fourth-order valence-corrected chi connectivity index (χ4v) is 4.30. The maximum absolute atomic E-state index is 12.9. The molecule has 0 bridgehead atoms. The highest BCUT2D eigenvalue weighted by atomic mass is 16.2. The highest BCUT2D eigenvalue weighted by molar-refractivity contribution is 5.96. The summed E-state index contributed by atoms with van der Waals surface area (Å²) in [6.45, 7) is 6.49. The Balaban J connectivity index is 1.48. The number of carbonyl (C=O) groups excluding carboxylic acids is 2. The molecule has 4 rings (SSSR count). The van der Waals surface area contributed by atoms with Crippen molar-refractivity contribution < 1.29 is 9.59 Å². The van der Waals surface area contributed by atoms with Gasteiger partial charge in [-0.25, -0.2) is 4.98 Å². The molecule has 2 heterocycles. The number of carbonyl (C=O) groups is 2. The van der Waals surface area contributed by atoms with Crippen LogP contribution in [0.25, 0.3) is 10.9 Å². The third kappa shape index (κ3) is 4.28. The lowest BCUT2D eigenvalue weighted by atomic mass is 10.0. The van der Waals surface area contributed by atoms with Gasteiger partial charge in [0.05, 0.1) is 17.2 Å². The molecule has 1 atom stereocenters. The maximum atomic E-state index is 12.9. The van der Waals surface area contributed by atoms with Crippen molar-refractivity contribution in [2.45, 2.75) is 52.6 Å². The number of benzene rings is 2. The number of fused-ring (bicyclic) bond motifs is 1. The van der Waals surface area contributed by atoms with Gasteiger partial charge in [0.2, 0.25) is 5.91 Å². The molecule has 7 heteroatoms. The molecule has 1 aliphatic heterocycles. The fourth-order valence-electron chi connectivity index (χ4n) is 4.30. The molecule has 3 aromatic rings. The molecule has 0 radical (unpaired) electrons. The predicted octanol–water partition coefficient (Wildman–Crippen LogP) is 3.67. The molecule has 1 unspecified atom stereocenters. The second-order valence-electron chi connectivity index (χ2n) is 8.57. The topological polar surface area (TPSA) is 84.3 Å². The van der Waals surface area contributed by atoms with Gasteiger partial charge in [0.15, 0.2) is 0 Å². The van der Waals surface area contributed by atoms with Crippen molar-refractivity contribution in [3.8, 4) is 0 Å². The van der Waals surface area contributed by atoms with Crippen molar-refractivity contribution in [2.24, 2.45) is 0 Å². The molecule has 2 amide bonds. The van der Waals surface area contributed by atoms with E-state index >= 15 is 0 Å². The van der Waals surface area contributed by atoms with Crippen LogP contribution < -0.4 is 10.9 Å². The summed E-state index contributed by atoms with van der Waals surface area (Å²) in [5, 5.41) is 3.34. The molecule has 32 heavy (non-hydrogen) atoms. The number of para-hydroxylation sites is 1. The van der Waals surface area contributed by atoms with Gasteiger partial charge in [-0.2, -0.15) is 0 Å². The Morgan fingerprint density at radius 3 is 2.69 bits per heavy atom. The number of nitrogens with zero attached hydrogens (tertiary/aromatic N) is 3. The molecular weight excluding hydrogens is 404 g/mol. The normalized spacial score (nSPS) is 16.2. The van der Waals surface area contributed by atoms with E-state index in [0.717, 1.165) is 36.9 Å². The van der Waals surface area contributed by atoms with Gasteiger partial charge in [0, 0.05) is 23.8 Å². The Labute approximate surface area is 187 Å². The fraction of sp³-hybridized carbons (Fsp3) is 0.360. The molecule has 166 valence electrons. The van der Waals surface area contributed by atoms with Gasteiger partial charge in [-0.05, 0) is 75.4 Å². The van der Waals surface area contributed by atoms with Crippen LogP contribution in [0.4, 0.5) is 5.69 Å². The van der Waals surface area contributed by atoms with Crippen LogP contribution >= 0.6 is 0 Å². The van der Waals surface area contributed by atoms with Crippen molar-refractivity contribution in [3.63, 3.8) is 0 Å². The van der Waals surface area contributed by atoms with Crippen molar-refractivity contribution >= 4 is 28.4 Å². The Morgan fingerprint density at radius 1 is 1.12 bits per heavy atom. The number of likely N-dealkylation sites (tertiary alicyclic amines) is 1. The number of aromatic nitrogens is 2. The number of anilines is 1. The second kappa shape index (κ2) is 8.94. The predicted molar refractivity (Wildman–Crippen MR) is 125 cm³/mol. The Bertz CT molecular complexity index is 1250. The molecule has 2 aromatic carbocycles. The summed E-state index contributed by atoms with van der Waals surface area (Å²) >= 11 is 0. The van der Waals surface area contributed by atoms with E-state index in [1.165, 1.54) is 10.9 Å². The number of aryl methyl sites for hydroxylation is 2. The first-order valence-electron chi connectivity index (χ1n) is 11.0. The van der Waals surface area contributed by atoms with Crippen LogP contribution in [0.1, 0.15) is 47.7 Å². The van der Waals surface area contributed by atoms with Crippen molar-refractivity contribution in [1.82, 2.24) is 14.5 Å². The Hall–Kier alpha value is -3.48. The van der Waals surface area contributed by atoms with Crippen molar-refractivity contribution in [3.05, 3.63) is 69.8 Å². The van der Waals surface area contributed by atoms with Gasteiger partial charge >= 0.3 is 0 Å². The highest BCUT2D eigenvalue weighted by Gasteiger charge is 2.24. The molecule has 7 nitrogen and oxygen atoms in total. The average molecular weight is 433 g/mol. The molecule has 0 saturated carbocycles. The quantitative estimate of drug-likeness (QED) is 0.682. The molecule has 1 saturated heterocycles. The number of nitrogens with one attached hydrogen (secondary N) is 1. The van der Waals surface area contributed by atoms with Crippen molar-refractivity contribution in [1.29, 1.82) is 0 Å². The number of hydrogen-bond donors (Lipinski definition) is 1. The second-order valence-corrected chi connectivity index (χ2v) is 8.57. The Kier molecular flexibility index (Phi) is 6.08. The van der Waals surface area contributed by atoms with Crippen molar-refractivity contribution in [2.75, 3.05) is 11.9 Å². The lowest BCUT2D eigenvalue weighted by molar-refractivity contribution is -0.116. The largest absolute Gasteiger partial charge is 0.336 e. The Morgan fingerprint density at radius 2 is 1.94 bits per heavy atom. The van der Waals surface area contributed by atoms with Gasteiger partial charge in [0.25, 0.3) is 11.5 Å². The number of amides is 2. The van der Waals surface area contributed by atoms with Gasteiger partial charge < -0.3 is 10.2 Å². The van der Waals surface area contributed by atoms with Crippen LogP contribution in [0, 0.1) is 13.8 Å². The van der Waals surface area contributed by atoms with E-state index in [4.69, 9.17) is 0 Å². The molecule has 1 fully saturated rings. The summed E-state index contributed by atoms with van der Waals surface area (Å²) in [5.41, 5.74) is 3.36. The van der Waals surface area contributed by atoms with Gasteiger partial charge in [-0.1, -0.05) is 12.1 Å². The van der Waals surface area contributed by atoms with Crippen LogP contribution in [-0.4, -0.2) is 38.9 Å². The van der Waals surface area contributed by atoms with Crippen LogP contribution in [0.5, 0.6) is 0 Å². The van der Waals surface area contributed by atoms with E-state index in [1.54, 1.807) is 18.2 Å². The molecule has 0 spiro atoms. The lowest BCUT2D eigenvalue weighted by Gasteiger charge is -2.33. The zero-order valence-corrected chi connectivity index (χ0v) is 18.7. The first-order chi connectivity index (χ1) is 15.3. The minimum Gasteiger partial charge on any atom is -0.336 e. The minimum absolute atomic E-state index is 0.0299. The van der Waals surface area contributed by atoms with Crippen LogP contribution in [-0.2, 0) is 11.3 Å². The number of piperidine rings is 1. The summed E-state index contributed by atoms with van der Waals surface area (Å²) < 4.78 is 1.31. The van der Waals surface area contributed by atoms with Crippen LogP contribution in [0.3, 0.4) is 0 Å². The van der Waals surface area contributed by atoms with Gasteiger partial charge in [-0.15, -0.1) is 0 Å². The zero-order chi connectivity index (χ0) is 22.8. The summed E-state index contributed by atoms with van der Waals surface area (Å²) in [5.74, 6) is -0.296. The summed E-state index contributed by atoms with van der Waals surface area (Å²) in [6, 6.07) is 11.0. The first kappa shape index (κ1) is 21.7. The monoisotopic (exact) mass is 432 g/mol. The van der Waals surface area contributed by atoms with E-state index < -0.39 is 0 Å². The lowest BCUT2D eigenvalue weighted by Crippen LogP contribution is -2.42. The molecule has 1 N–H and O–H groups in total. The minimum atomic E-state index is -0.326. The smallest absolute Gasteiger partial charge is 0.261 e. The van der Waals surface area contributed by atoms with Gasteiger partial charge in [0.1, 0.15) is 6.54 Å². The summed E-state index contributed by atoms with van der Waals surface area (Å²) in [4.78, 5) is 44.5. The number of hydrogen-bond acceptors (Lipinski definition) is 4.